The van der Waals surface area contributed by atoms with Crippen LogP contribution in [0.5, 0.6) is 0 Å². The van der Waals surface area contributed by atoms with Crippen molar-refractivity contribution in [1.82, 2.24) is 0 Å². The Morgan fingerprint density at radius 1 is 1.29 bits per heavy atom. The number of fused-ring (bicyclic) bond motifs is 1. The van der Waals surface area contributed by atoms with Crippen LogP contribution in [0, 0.1) is 5.82 Å². The molecule has 2 atom stereocenters. The summed E-state index contributed by atoms with van der Waals surface area (Å²) in [6.45, 7) is 2.25. The number of nitrogens with two attached hydrogens (primary N) is 1. The fourth-order valence-corrected chi connectivity index (χ4v) is 3.73. The van der Waals surface area contributed by atoms with Crippen LogP contribution in [0.3, 0.4) is 0 Å². The molecule has 3 heteroatoms. The standard InChI is InChI=1S/C18H19BrFN/c1-12-8-9-18(21,16-5-3-2-4-15(12)16)11-13-10-14(20)6-7-17(13)19/h2-7,10,12H,8-9,11,21H2,1H3. The zero-order chi connectivity index (χ0) is 15.0. The molecule has 0 aromatic heterocycles. The third kappa shape index (κ3) is 2.77. The van der Waals surface area contributed by atoms with Crippen LogP contribution in [-0.4, -0.2) is 0 Å². The molecule has 0 aliphatic heterocycles. The predicted octanol–water partition coefficient (Wildman–Crippen LogP) is 4.88. The monoisotopic (exact) mass is 347 g/mol. The fraction of sp³-hybridized carbons (Fsp3) is 0.333. The van der Waals surface area contributed by atoms with Gasteiger partial charge in [-0.05, 0) is 60.1 Å². The molecule has 1 aliphatic carbocycles. The third-order valence-corrected chi connectivity index (χ3v) is 5.34. The largest absolute Gasteiger partial charge is 0.321 e. The molecule has 0 saturated heterocycles. The van der Waals surface area contributed by atoms with E-state index in [1.165, 1.54) is 17.2 Å². The Labute approximate surface area is 133 Å². The second-order valence-corrected chi connectivity index (χ2v) is 6.95. The maximum absolute atomic E-state index is 13.5. The van der Waals surface area contributed by atoms with Crippen LogP contribution < -0.4 is 5.73 Å². The van der Waals surface area contributed by atoms with Gasteiger partial charge in [0.05, 0.1) is 0 Å². The van der Waals surface area contributed by atoms with Crippen molar-refractivity contribution in [2.24, 2.45) is 5.73 Å². The minimum atomic E-state index is -0.417. The molecule has 0 heterocycles. The lowest BCUT2D eigenvalue weighted by molar-refractivity contribution is 0.348. The molecule has 0 spiro atoms. The molecule has 0 fully saturated rings. The molecule has 3 rings (SSSR count). The van der Waals surface area contributed by atoms with Crippen molar-refractivity contribution in [1.29, 1.82) is 0 Å². The maximum Gasteiger partial charge on any atom is 0.123 e. The first-order valence-corrected chi connectivity index (χ1v) is 8.11. The van der Waals surface area contributed by atoms with Gasteiger partial charge in [-0.15, -0.1) is 0 Å². The molecule has 1 aliphatic rings. The Balaban J connectivity index is 2.02. The van der Waals surface area contributed by atoms with E-state index < -0.39 is 5.54 Å². The van der Waals surface area contributed by atoms with E-state index >= 15 is 0 Å². The molecule has 0 amide bonds. The summed E-state index contributed by atoms with van der Waals surface area (Å²) in [6.07, 6.45) is 2.64. The minimum Gasteiger partial charge on any atom is -0.321 e. The first-order chi connectivity index (χ1) is 9.99. The number of halogens is 2. The van der Waals surface area contributed by atoms with Gasteiger partial charge in [0.2, 0.25) is 0 Å². The molecular weight excluding hydrogens is 329 g/mol. The molecule has 0 saturated carbocycles. The maximum atomic E-state index is 13.5. The summed E-state index contributed by atoms with van der Waals surface area (Å²) in [5.74, 6) is 0.322. The van der Waals surface area contributed by atoms with Crippen molar-refractivity contribution >= 4 is 15.9 Å². The van der Waals surface area contributed by atoms with Crippen LogP contribution in [0.25, 0.3) is 0 Å². The lowest BCUT2D eigenvalue weighted by Gasteiger charge is -2.39. The Kier molecular flexibility index (Phi) is 3.89. The van der Waals surface area contributed by atoms with Gasteiger partial charge in [0.25, 0.3) is 0 Å². The first kappa shape index (κ1) is 14.7. The van der Waals surface area contributed by atoms with E-state index in [1.807, 2.05) is 6.07 Å². The van der Waals surface area contributed by atoms with Gasteiger partial charge in [0, 0.05) is 10.0 Å². The zero-order valence-electron chi connectivity index (χ0n) is 12.1. The molecule has 110 valence electrons. The number of hydrogen-bond donors (Lipinski definition) is 1. The van der Waals surface area contributed by atoms with Crippen molar-refractivity contribution in [3.63, 3.8) is 0 Å². The van der Waals surface area contributed by atoms with Crippen molar-refractivity contribution < 1.29 is 4.39 Å². The second kappa shape index (κ2) is 5.54. The fourth-order valence-electron chi connectivity index (χ4n) is 3.35. The third-order valence-electron chi connectivity index (χ3n) is 4.57. The topological polar surface area (TPSA) is 26.0 Å². The van der Waals surface area contributed by atoms with Crippen molar-refractivity contribution in [2.75, 3.05) is 0 Å². The number of hydrogen-bond acceptors (Lipinski definition) is 1. The summed E-state index contributed by atoms with van der Waals surface area (Å²) in [6, 6.07) is 13.2. The van der Waals surface area contributed by atoms with Gasteiger partial charge in [-0.3, -0.25) is 0 Å². The molecule has 2 unspecified atom stereocenters. The molecule has 2 aromatic carbocycles. The van der Waals surface area contributed by atoms with E-state index in [2.05, 4.69) is 41.1 Å². The summed E-state index contributed by atoms with van der Waals surface area (Å²) in [7, 11) is 0. The Morgan fingerprint density at radius 3 is 2.86 bits per heavy atom. The highest BCUT2D eigenvalue weighted by Gasteiger charge is 2.35. The summed E-state index contributed by atoms with van der Waals surface area (Å²) in [5.41, 5.74) is 9.80. The van der Waals surface area contributed by atoms with Crippen LogP contribution in [0.15, 0.2) is 46.9 Å². The molecule has 0 radical (unpaired) electrons. The normalized spacial score (nSPS) is 24.7. The first-order valence-electron chi connectivity index (χ1n) is 7.32. The summed E-state index contributed by atoms with van der Waals surface area (Å²) >= 11 is 3.51. The van der Waals surface area contributed by atoms with Crippen molar-refractivity contribution in [2.45, 2.75) is 37.6 Å². The van der Waals surface area contributed by atoms with E-state index in [-0.39, 0.29) is 5.82 Å². The summed E-state index contributed by atoms with van der Waals surface area (Å²) in [5, 5.41) is 0. The highest BCUT2D eigenvalue weighted by Crippen LogP contribution is 2.42. The van der Waals surface area contributed by atoms with Crippen molar-refractivity contribution in [3.05, 3.63) is 69.4 Å². The van der Waals surface area contributed by atoms with Gasteiger partial charge < -0.3 is 5.73 Å². The van der Waals surface area contributed by atoms with E-state index in [0.717, 1.165) is 22.9 Å². The molecule has 2 aromatic rings. The van der Waals surface area contributed by atoms with Crippen LogP contribution in [0.4, 0.5) is 4.39 Å². The predicted molar refractivity (Wildman–Crippen MR) is 87.8 cm³/mol. The Hall–Kier alpha value is -1.19. The second-order valence-electron chi connectivity index (χ2n) is 6.10. The van der Waals surface area contributed by atoms with Crippen LogP contribution in [0.2, 0.25) is 0 Å². The lowest BCUT2D eigenvalue weighted by Crippen LogP contribution is -2.42. The SMILES string of the molecule is CC1CCC(N)(Cc2cc(F)ccc2Br)c2ccccc21. The summed E-state index contributed by atoms with van der Waals surface area (Å²) < 4.78 is 14.4. The smallest absolute Gasteiger partial charge is 0.123 e. The highest BCUT2D eigenvalue weighted by atomic mass is 79.9. The van der Waals surface area contributed by atoms with E-state index in [0.29, 0.717) is 12.3 Å². The average molecular weight is 348 g/mol. The minimum absolute atomic E-state index is 0.214. The number of rotatable bonds is 2. The highest BCUT2D eigenvalue weighted by molar-refractivity contribution is 9.10. The van der Waals surface area contributed by atoms with Crippen LogP contribution >= 0.6 is 15.9 Å². The van der Waals surface area contributed by atoms with Gasteiger partial charge >= 0.3 is 0 Å². The van der Waals surface area contributed by atoms with Gasteiger partial charge in [-0.25, -0.2) is 4.39 Å². The van der Waals surface area contributed by atoms with Gasteiger partial charge in [0.1, 0.15) is 5.82 Å². The Bertz CT molecular complexity index is 670. The molecule has 1 nitrogen and oxygen atoms in total. The van der Waals surface area contributed by atoms with Crippen LogP contribution in [-0.2, 0) is 12.0 Å². The zero-order valence-corrected chi connectivity index (χ0v) is 13.7. The van der Waals surface area contributed by atoms with Gasteiger partial charge in [-0.2, -0.15) is 0 Å². The lowest BCUT2D eigenvalue weighted by atomic mass is 9.70. The quantitative estimate of drug-likeness (QED) is 0.822. The molecule has 21 heavy (non-hydrogen) atoms. The van der Waals surface area contributed by atoms with Crippen LogP contribution in [0.1, 0.15) is 42.4 Å². The van der Waals surface area contributed by atoms with Gasteiger partial charge in [-0.1, -0.05) is 47.1 Å². The Morgan fingerprint density at radius 2 is 2.05 bits per heavy atom. The number of benzene rings is 2. The van der Waals surface area contributed by atoms with E-state index in [9.17, 15) is 4.39 Å². The molecular formula is C18H19BrFN. The van der Waals surface area contributed by atoms with E-state index in [4.69, 9.17) is 5.73 Å². The van der Waals surface area contributed by atoms with E-state index in [1.54, 1.807) is 12.1 Å². The van der Waals surface area contributed by atoms with Gasteiger partial charge in [0.15, 0.2) is 0 Å². The molecule has 2 N–H and O–H groups in total. The average Bonchev–Trinajstić information content (AvgIpc) is 2.48. The summed E-state index contributed by atoms with van der Waals surface area (Å²) in [4.78, 5) is 0. The molecule has 0 bridgehead atoms. The van der Waals surface area contributed by atoms with Crippen molar-refractivity contribution in [3.8, 4) is 0 Å².